The van der Waals surface area contributed by atoms with E-state index in [-0.39, 0.29) is 12.5 Å². The second-order valence-electron chi connectivity index (χ2n) is 8.50. The van der Waals surface area contributed by atoms with E-state index < -0.39 is 26.2 Å². The smallest absolute Gasteiger partial charge is 0.309 e. The minimum Gasteiger partial charge on any atom is -0.481 e. The Kier molecular flexibility index (Phi) is 5.17. The fourth-order valence-corrected chi connectivity index (χ4v) is 6.61. The van der Waals surface area contributed by atoms with Crippen LogP contribution in [0, 0.1) is 11.3 Å². The summed E-state index contributed by atoms with van der Waals surface area (Å²) in [6.07, 6.45) is 6.51. The molecule has 2 rings (SSSR count). The molecule has 2 fully saturated rings. The monoisotopic (exact) mass is 345 g/mol. The van der Waals surface area contributed by atoms with Crippen molar-refractivity contribution in [1.29, 1.82) is 0 Å². The normalized spacial score (nSPS) is 27.5. The van der Waals surface area contributed by atoms with Gasteiger partial charge in [0.25, 0.3) is 0 Å². The Balaban J connectivity index is 2.26. The van der Waals surface area contributed by atoms with Crippen LogP contribution in [0.25, 0.3) is 0 Å². The van der Waals surface area contributed by atoms with Gasteiger partial charge in [0, 0.05) is 12.6 Å². The minimum absolute atomic E-state index is 0.117. The van der Waals surface area contributed by atoms with Crippen molar-refractivity contribution in [3.05, 3.63) is 0 Å². The van der Waals surface area contributed by atoms with Gasteiger partial charge in [-0.3, -0.25) is 4.79 Å². The number of fused-ring (bicyclic) bond motifs is 1. The average Bonchev–Trinajstić information content (AvgIpc) is 2.45. The largest absolute Gasteiger partial charge is 0.481 e. The maximum Gasteiger partial charge on any atom is 0.309 e. The molecule has 134 valence electrons. The van der Waals surface area contributed by atoms with Gasteiger partial charge in [-0.25, -0.2) is 8.42 Å². The van der Waals surface area contributed by atoms with Gasteiger partial charge in [0.15, 0.2) is 0 Å². The predicted octanol–water partition coefficient (Wildman–Crippen LogP) is 3.25. The van der Waals surface area contributed by atoms with Gasteiger partial charge in [-0.05, 0) is 65.7 Å². The fourth-order valence-electron chi connectivity index (χ4n) is 4.43. The van der Waals surface area contributed by atoms with Gasteiger partial charge in [0.2, 0.25) is 10.0 Å². The number of hydrogen-bond donors (Lipinski definition) is 1. The van der Waals surface area contributed by atoms with Crippen LogP contribution >= 0.6 is 0 Å². The van der Waals surface area contributed by atoms with Crippen LogP contribution in [-0.4, -0.2) is 41.1 Å². The van der Waals surface area contributed by atoms with Crippen LogP contribution in [0.5, 0.6) is 0 Å². The van der Waals surface area contributed by atoms with Crippen molar-refractivity contribution in [2.45, 2.75) is 83.4 Å². The molecule has 0 radical (unpaired) electrons. The lowest BCUT2D eigenvalue weighted by atomic mass is 9.79. The summed E-state index contributed by atoms with van der Waals surface area (Å²) in [7, 11) is -3.53. The van der Waals surface area contributed by atoms with E-state index in [0.717, 1.165) is 32.1 Å². The van der Waals surface area contributed by atoms with Crippen molar-refractivity contribution in [3.8, 4) is 0 Å². The molecule has 0 aromatic carbocycles. The maximum absolute atomic E-state index is 13.3. The summed E-state index contributed by atoms with van der Waals surface area (Å²) in [4.78, 5) is 11.4. The molecule has 6 heteroatoms. The molecule has 23 heavy (non-hydrogen) atoms. The number of carbonyl (C=O) groups is 1. The number of nitrogens with zero attached hydrogens (tertiary/aromatic N) is 1. The Morgan fingerprint density at radius 2 is 1.65 bits per heavy atom. The van der Waals surface area contributed by atoms with Crippen LogP contribution in [0.15, 0.2) is 0 Å². The molecule has 0 aromatic rings. The topological polar surface area (TPSA) is 74.7 Å². The van der Waals surface area contributed by atoms with E-state index >= 15 is 0 Å². The summed E-state index contributed by atoms with van der Waals surface area (Å²) in [5.41, 5.74) is -1.06. The number of rotatable bonds is 5. The Hall–Kier alpha value is -0.620. The van der Waals surface area contributed by atoms with Crippen LogP contribution in [0.2, 0.25) is 0 Å². The predicted molar refractivity (Wildman–Crippen MR) is 90.7 cm³/mol. The van der Waals surface area contributed by atoms with Gasteiger partial charge in [-0.15, -0.1) is 0 Å². The SMILES string of the molecule is CC(C)(CC(C)(C)S(=O)(=O)N1CCCC2CCCCC21)C(=O)O. The quantitative estimate of drug-likeness (QED) is 0.830. The van der Waals surface area contributed by atoms with Crippen molar-refractivity contribution in [2.24, 2.45) is 11.3 Å². The molecule has 0 spiro atoms. The summed E-state index contributed by atoms with van der Waals surface area (Å²) in [5, 5.41) is 9.36. The van der Waals surface area contributed by atoms with Crippen molar-refractivity contribution in [1.82, 2.24) is 4.31 Å². The third-order valence-electron chi connectivity index (χ3n) is 5.65. The lowest BCUT2D eigenvalue weighted by Gasteiger charge is -2.46. The van der Waals surface area contributed by atoms with E-state index in [1.165, 1.54) is 6.42 Å². The molecule has 0 aromatic heterocycles. The minimum atomic E-state index is -3.53. The van der Waals surface area contributed by atoms with Crippen molar-refractivity contribution in [2.75, 3.05) is 6.54 Å². The van der Waals surface area contributed by atoms with E-state index in [1.807, 2.05) is 0 Å². The molecule has 1 aliphatic heterocycles. The fraction of sp³-hybridized carbons (Fsp3) is 0.941. The Morgan fingerprint density at radius 1 is 1.09 bits per heavy atom. The van der Waals surface area contributed by atoms with Crippen molar-refractivity contribution < 1.29 is 18.3 Å². The van der Waals surface area contributed by atoms with Gasteiger partial charge in [-0.1, -0.05) is 12.8 Å². The molecule has 2 atom stereocenters. The van der Waals surface area contributed by atoms with Gasteiger partial charge < -0.3 is 5.11 Å². The lowest BCUT2D eigenvalue weighted by Crippen LogP contribution is -2.56. The summed E-state index contributed by atoms with van der Waals surface area (Å²) in [6, 6.07) is 0.120. The highest BCUT2D eigenvalue weighted by Crippen LogP contribution is 2.41. The Bertz CT molecular complexity index is 551. The first-order chi connectivity index (χ1) is 10.5. The number of piperidine rings is 1. The lowest BCUT2D eigenvalue weighted by molar-refractivity contribution is -0.147. The summed E-state index contributed by atoms with van der Waals surface area (Å²) in [5.74, 6) is -0.467. The van der Waals surface area contributed by atoms with E-state index in [4.69, 9.17) is 0 Å². The molecule has 1 N–H and O–H groups in total. The zero-order chi connectivity index (χ0) is 17.5. The van der Waals surface area contributed by atoms with Crippen LogP contribution in [0.4, 0.5) is 0 Å². The summed E-state index contributed by atoms with van der Waals surface area (Å²) in [6.45, 7) is 7.15. The Morgan fingerprint density at radius 3 is 2.26 bits per heavy atom. The molecule has 1 aliphatic carbocycles. The zero-order valence-electron chi connectivity index (χ0n) is 14.8. The third-order valence-corrected chi connectivity index (χ3v) is 8.26. The number of carboxylic acid groups (broad SMARTS) is 1. The van der Waals surface area contributed by atoms with Crippen LogP contribution < -0.4 is 0 Å². The van der Waals surface area contributed by atoms with Crippen molar-refractivity contribution in [3.63, 3.8) is 0 Å². The molecule has 0 amide bonds. The van der Waals surface area contributed by atoms with Gasteiger partial charge in [0.05, 0.1) is 10.2 Å². The number of hydrogen-bond acceptors (Lipinski definition) is 3. The van der Waals surface area contributed by atoms with E-state index in [9.17, 15) is 18.3 Å². The average molecular weight is 346 g/mol. The molecule has 2 aliphatic rings. The molecule has 1 heterocycles. The molecule has 0 bridgehead atoms. The highest BCUT2D eigenvalue weighted by Gasteiger charge is 2.49. The van der Waals surface area contributed by atoms with Crippen LogP contribution in [-0.2, 0) is 14.8 Å². The van der Waals surface area contributed by atoms with Gasteiger partial charge in [-0.2, -0.15) is 4.31 Å². The van der Waals surface area contributed by atoms with E-state index in [2.05, 4.69) is 0 Å². The summed E-state index contributed by atoms with van der Waals surface area (Å²) >= 11 is 0. The zero-order valence-corrected chi connectivity index (χ0v) is 15.7. The molecule has 2 unspecified atom stereocenters. The van der Waals surface area contributed by atoms with Crippen LogP contribution in [0.3, 0.4) is 0 Å². The molecular formula is C17H31NO4S. The van der Waals surface area contributed by atoms with Crippen molar-refractivity contribution >= 4 is 16.0 Å². The van der Waals surface area contributed by atoms with Gasteiger partial charge >= 0.3 is 5.97 Å². The molecular weight excluding hydrogens is 314 g/mol. The molecule has 1 saturated carbocycles. The second-order valence-corrected chi connectivity index (χ2v) is 11.0. The van der Waals surface area contributed by atoms with Crippen LogP contribution in [0.1, 0.15) is 72.6 Å². The number of sulfonamides is 1. The Labute approximate surface area is 140 Å². The van der Waals surface area contributed by atoms with Gasteiger partial charge in [0.1, 0.15) is 0 Å². The standard InChI is InChI=1S/C17H31NO4S/c1-16(2,15(19)20)12-17(3,4)23(21,22)18-11-7-9-13-8-5-6-10-14(13)18/h13-14H,5-12H2,1-4H3,(H,19,20). The number of aliphatic carboxylic acids is 1. The second kappa shape index (κ2) is 6.36. The molecule has 1 saturated heterocycles. The van der Waals surface area contributed by atoms with E-state index in [1.54, 1.807) is 32.0 Å². The maximum atomic E-state index is 13.3. The highest BCUT2D eigenvalue weighted by atomic mass is 32.2. The first-order valence-electron chi connectivity index (χ1n) is 8.74. The third kappa shape index (κ3) is 3.58. The molecule has 5 nitrogen and oxygen atoms in total. The first kappa shape index (κ1) is 18.7. The number of carboxylic acids is 1. The highest BCUT2D eigenvalue weighted by molar-refractivity contribution is 7.90. The summed E-state index contributed by atoms with van der Waals surface area (Å²) < 4.78 is 27.2. The first-order valence-corrected chi connectivity index (χ1v) is 10.2. The van der Waals surface area contributed by atoms with E-state index in [0.29, 0.717) is 12.5 Å².